The number of imidazole rings is 1. The number of halogens is 2. The lowest BCUT2D eigenvalue weighted by molar-refractivity contribution is 0.332. The number of hydrogen-bond acceptors (Lipinski definition) is 3. The molecule has 0 fully saturated rings. The average molecular weight is 365 g/mol. The van der Waals surface area contributed by atoms with Crippen LogP contribution in [0, 0.1) is 11.6 Å². The molecule has 0 amide bonds. The van der Waals surface area contributed by atoms with Crippen molar-refractivity contribution in [2.24, 2.45) is 0 Å². The molecule has 0 spiro atoms. The number of nitrogens with zero attached hydrogens (tertiary/aromatic N) is 2. The summed E-state index contributed by atoms with van der Waals surface area (Å²) >= 11 is 0. The van der Waals surface area contributed by atoms with E-state index in [0.29, 0.717) is 24.6 Å². The van der Waals surface area contributed by atoms with E-state index >= 15 is 0 Å². The number of nitrogens with one attached hydrogen (secondary N) is 1. The molecule has 4 aromatic rings. The summed E-state index contributed by atoms with van der Waals surface area (Å²) in [5, 5.41) is 3.18. The largest absolute Gasteiger partial charge is 0.492 e. The average Bonchev–Trinajstić information content (AvgIpc) is 3.04. The highest BCUT2D eigenvalue weighted by atomic mass is 19.1. The van der Waals surface area contributed by atoms with Crippen LogP contribution in [0.5, 0.6) is 5.75 Å². The summed E-state index contributed by atoms with van der Waals surface area (Å²) in [5.41, 5.74) is 1.68. The minimum atomic E-state index is -0.651. The van der Waals surface area contributed by atoms with Gasteiger partial charge in [0.05, 0.1) is 23.3 Å². The van der Waals surface area contributed by atoms with Gasteiger partial charge in [0.1, 0.15) is 24.0 Å². The molecule has 0 aliphatic heterocycles. The standard InChI is InChI=1S/C21H17F2N3O/c22-15-10-11-19(17(23)14-15)26-20-9-5-4-8-18(20)25-21(26)24-12-13-27-16-6-2-1-3-7-16/h1-11,14H,12-13H2,(H,24,25). The van der Waals surface area contributed by atoms with Gasteiger partial charge in [-0.05, 0) is 36.4 Å². The smallest absolute Gasteiger partial charge is 0.208 e. The van der Waals surface area contributed by atoms with Gasteiger partial charge in [-0.1, -0.05) is 30.3 Å². The van der Waals surface area contributed by atoms with Crippen LogP contribution in [-0.4, -0.2) is 22.7 Å². The lowest BCUT2D eigenvalue weighted by Crippen LogP contribution is -2.15. The first-order valence-corrected chi connectivity index (χ1v) is 8.57. The Morgan fingerprint density at radius 3 is 2.52 bits per heavy atom. The third-order valence-corrected chi connectivity index (χ3v) is 4.11. The molecule has 3 aromatic carbocycles. The number of aromatic nitrogens is 2. The Kier molecular flexibility index (Phi) is 4.70. The van der Waals surface area contributed by atoms with Crippen molar-refractivity contribution >= 4 is 17.0 Å². The molecular formula is C21H17F2N3O. The third kappa shape index (κ3) is 3.60. The van der Waals surface area contributed by atoms with Crippen LogP contribution in [0.2, 0.25) is 0 Å². The number of anilines is 1. The first-order valence-electron chi connectivity index (χ1n) is 8.57. The molecule has 4 nitrogen and oxygen atoms in total. The molecule has 6 heteroatoms. The molecule has 0 atom stereocenters. The van der Waals surface area contributed by atoms with E-state index in [1.54, 1.807) is 4.57 Å². The quantitative estimate of drug-likeness (QED) is 0.499. The van der Waals surface area contributed by atoms with Gasteiger partial charge in [0, 0.05) is 6.07 Å². The normalized spacial score (nSPS) is 10.9. The van der Waals surface area contributed by atoms with E-state index in [0.717, 1.165) is 17.3 Å². The van der Waals surface area contributed by atoms with Crippen molar-refractivity contribution in [3.63, 3.8) is 0 Å². The molecule has 0 saturated carbocycles. The second-order valence-corrected chi connectivity index (χ2v) is 5.94. The molecule has 0 aliphatic carbocycles. The Morgan fingerprint density at radius 2 is 1.70 bits per heavy atom. The van der Waals surface area contributed by atoms with Gasteiger partial charge in [0.15, 0.2) is 0 Å². The fourth-order valence-electron chi connectivity index (χ4n) is 2.90. The third-order valence-electron chi connectivity index (χ3n) is 4.11. The lowest BCUT2D eigenvalue weighted by atomic mass is 10.2. The van der Waals surface area contributed by atoms with Gasteiger partial charge in [-0.15, -0.1) is 0 Å². The zero-order valence-corrected chi connectivity index (χ0v) is 14.4. The first-order chi connectivity index (χ1) is 13.2. The summed E-state index contributed by atoms with van der Waals surface area (Å²) in [5.74, 6) is -0.0241. The van der Waals surface area contributed by atoms with Gasteiger partial charge in [0.2, 0.25) is 5.95 Å². The summed E-state index contributed by atoms with van der Waals surface area (Å²) in [7, 11) is 0. The monoisotopic (exact) mass is 365 g/mol. The molecule has 0 unspecified atom stereocenters. The number of hydrogen-bond donors (Lipinski definition) is 1. The van der Waals surface area contributed by atoms with E-state index in [2.05, 4.69) is 10.3 Å². The summed E-state index contributed by atoms with van der Waals surface area (Å²) in [6.07, 6.45) is 0. The van der Waals surface area contributed by atoms with Gasteiger partial charge in [0.25, 0.3) is 0 Å². The van der Waals surface area contributed by atoms with Gasteiger partial charge in [-0.3, -0.25) is 4.57 Å². The van der Waals surface area contributed by atoms with E-state index < -0.39 is 11.6 Å². The number of para-hydroxylation sites is 3. The SMILES string of the molecule is Fc1ccc(-n2c(NCCOc3ccccc3)nc3ccccc32)c(F)c1. The predicted octanol–water partition coefficient (Wildman–Crippen LogP) is 4.79. The lowest BCUT2D eigenvalue weighted by Gasteiger charge is -2.12. The number of benzene rings is 3. The van der Waals surface area contributed by atoms with Gasteiger partial charge >= 0.3 is 0 Å². The van der Waals surface area contributed by atoms with Crippen molar-refractivity contribution in [1.29, 1.82) is 0 Å². The zero-order valence-electron chi connectivity index (χ0n) is 14.4. The van der Waals surface area contributed by atoms with Crippen molar-refractivity contribution in [1.82, 2.24) is 9.55 Å². The van der Waals surface area contributed by atoms with Crippen LogP contribution in [0.4, 0.5) is 14.7 Å². The molecule has 27 heavy (non-hydrogen) atoms. The molecule has 0 bridgehead atoms. The van der Waals surface area contributed by atoms with Crippen LogP contribution in [0.1, 0.15) is 0 Å². The van der Waals surface area contributed by atoms with Crippen LogP contribution in [0.3, 0.4) is 0 Å². The minimum Gasteiger partial charge on any atom is -0.492 e. The molecular weight excluding hydrogens is 348 g/mol. The summed E-state index contributed by atoms with van der Waals surface area (Å²) < 4.78 is 35.0. The van der Waals surface area contributed by atoms with Gasteiger partial charge in [-0.25, -0.2) is 13.8 Å². The van der Waals surface area contributed by atoms with E-state index in [1.807, 2.05) is 54.6 Å². The maximum Gasteiger partial charge on any atom is 0.208 e. The molecule has 4 rings (SSSR count). The van der Waals surface area contributed by atoms with Crippen LogP contribution in [0.15, 0.2) is 72.8 Å². The highest BCUT2D eigenvalue weighted by Gasteiger charge is 2.15. The Balaban J connectivity index is 1.60. The Hall–Kier alpha value is -3.41. The van der Waals surface area contributed by atoms with Crippen molar-refractivity contribution in [3.05, 3.63) is 84.4 Å². The first kappa shape index (κ1) is 17.0. The molecule has 1 N–H and O–H groups in total. The molecule has 0 aliphatic rings. The summed E-state index contributed by atoms with van der Waals surface area (Å²) in [6, 6.07) is 20.4. The number of rotatable bonds is 6. The van der Waals surface area contributed by atoms with Crippen molar-refractivity contribution in [2.45, 2.75) is 0 Å². The van der Waals surface area contributed by atoms with Crippen LogP contribution in [0.25, 0.3) is 16.7 Å². The number of ether oxygens (including phenoxy) is 1. The van der Waals surface area contributed by atoms with E-state index in [4.69, 9.17) is 4.74 Å². The van der Waals surface area contributed by atoms with Crippen LogP contribution in [-0.2, 0) is 0 Å². The predicted molar refractivity (Wildman–Crippen MR) is 101 cm³/mol. The maximum atomic E-state index is 14.4. The van der Waals surface area contributed by atoms with Crippen molar-refractivity contribution in [3.8, 4) is 11.4 Å². The Labute approximate surface area is 155 Å². The topological polar surface area (TPSA) is 39.1 Å². The second-order valence-electron chi connectivity index (χ2n) is 5.94. The zero-order chi connectivity index (χ0) is 18.6. The van der Waals surface area contributed by atoms with E-state index in [-0.39, 0.29) is 5.69 Å². The fraction of sp³-hybridized carbons (Fsp3) is 0.0952. The van der Waals surface area contributed by atoms with Crippen molar-refractivity contribution in [2.75, 3.05) is 18.5 Å². The van der Waals surface area contributed by atoms with E-state index in [1.165, 1.54) is 12.1 Å². The Morgan fingerprint density at radius 1 is 0.926 bits per heavy atom. The molecule has 0 radical (unpaired) electrons. The molecule has 0 saturated heterocycles. The van der Waals surface area contributed by atoms with Crippen LogP contribution < -0.4 is 10.1 Å². The number of fused-ring (bicyclic) bond motifs is 1. The van der Waals surface area contributed by atoms with Gasteiger partial charge in [-0.2, -0.15) is 0 Å². The molecule has 136 valence electrons. The second kappa shape index (κ2) is 7.45. The van der Waals surface area contributed by atoms with Crippen molar-refractivity contribution < 1.29 is 13.5 Å². The highest BCUT2D eigenvalue weighted by molar-refractivity contribution is 5.81. The van der Waals surface area contributed by atoms with Gasteiger partial charge < -0.3 is 10.1 Å². The minimum absolute atomic E-state index is 0.233. The molecule has 1 heterocycles. The fourth-order valence-corrected chi connectivity index (χ4v) is 2.90. The van der Waals surface area contributed by atoms with Crippen LogP contribution >= 0.6 is 0 Å². The maximum absolute atomic E-state index is 14.4. The summed E-state index contributed by atoms with van der Waals surface area (Å²) in [4.78, 5) is 4.53. The highest BCUT2D eigenvalue weighted by Crippen LogP contribution is 2.26. The molecule has 1 aromatic heterocycles. The summed E-state index contributed by atoms with van der Waals surface area (Å²) in [6.45, 7) is 0.889. The Bertz CT molecular complexity index is 1060. The van der Waals surface area contributed by atoms with E-state index in [9.17, 15) is 8.78 Å².